The van der Waals surface area contributed by atoms with Gasteiger partial charge < -0.3 is 20.5 Å². The van der Waals surface area contributed by atoms with Gasteiger partial charge in [0.2, 0.25) is 5.91 Å². The van der Waals surface area contributed by atoms with Gasteiger partial charge in [0.25, 0.3) is 0 Å². The molecule has 0 aromatic heterocycles. The van der Waals surface area contributed by atoms with Crippen LogP contribution in [0, 0.1) is 5.92 Å². The predicted octanol–water partition coefficient (Wildman–Crippen LogP) is 0.655. The van der Waals surface area contributed by atoms with Crippen LogP contribution in [0.1, 0.15) is 44.9 Å². The van der Waals surface area contributed by atoms with Crippen LogP contribution in [0.2, 0.25) is 0 Å². The Kier molecular flexibility index (Phi) is 4.45. The van der Waals surface area contributed by atoms with Crippen LogP contribution in [0.5, 0.6) is 0 Å². The van der Waals surface area contributed by atoms with Gasteiger partial charge in [-0.3, -0.25) is 4.79 Å². The second-order valence-corrected chi connectivity index (χ2v) is 6.51. The van der Waals surface area contributed by atoms with Crippen molar-refractivity contribution < 1.29 is 19.4 Å². The number of rotatable bonds is 4. The molecule has 1 saturated carbocycles. The molecule has 0 spiro atoms. The maximum Gasteiger partial charge on any atom is 0.332 e. The van der Waals surface area contributed by atoms with Crippen LogP contribution in [0.15, 0.2) is 0 Å². The van der Waals surface area contributed by atoms with Gasteiger partial charge in [0.1, 0.15) is 0 Å². The quantitative estimate of drug-likeness (QED) is 0.709. The molecule has 0 radical (unpaired) electrons. The molecule has 118 valence electrons. The molecule has 0 bridgehead atoms. The lowest BCUT2D eigenvalue weighted by Gasteiger charge is -2.24. The van der Waals surface area contributed by atoms with Gasteiger partial charge in [-0.2, -0.15) is 0 Å². The average molecular weight is 296 g/mol. The number of hydrogen-bond acceptors (Lipinski definition) is 4. The summed E-state index contributed by atoms with van der Waals surface area (Å²) in [6.07, 6.45) is 6.23. The fraction of sp³-hybridized carbons (Fsp3) is 0.867. The zero-order valence-electron chi connectivity index (χ0n) is 12.2. The van der Waals surface area contributed by atoms with E-state index >= 15 is 0 Å². The molecule has 1 amide bonds. The highest BCUT2D eigenvalue weighted by molar-refractivity contribution is 5.82. The molecule has 2 saturated heterocycles. The van der Waals surface area contributed by atoms with Gasteiger partial charge in [-0.05, 0) is 38.0 Å². The van der Waals surface area contributed by atoms with Crippen LogP contribution in [0.4, 0.5) is 0 Å². The molecule has 0 aromatic rings. The number of ether oxygens (including phenoxy) is 1. The minimum atomic E-state index is -0.912. The number of carboxylic acid groups (broad SMARTS) is 1. The molecular weight excluding hydrogens is 272 g/mol. The molecule has 2 aliphatic heterocycles. The zero-order valence-corrected chi connectivity index (χ0v) is 12.2. The average Bonchev–Trinajstić information content (AvgIpc) is 3.11. The Morgan fingerprint density at radius 3 is 2.71 bits per heavy atom. The SMILES string of the molecule is O=C(NCC1CCC(C(=O)O)O1)C1CC2CCCCC2N1. The molecule has 3 rings (SSSR count). The second kappa shape index (κ2) is 6.32. The molecule has 6 heteroatoms. The van der Waals surface area contributed by atoms with Gasteiger partial charge in [0.05, 0.1) is 12.1 Å². The second-order valence-electron chi connectivity index (χ2n) is 6.51. The third-order valence-corrected chi connectivity index (χ3v) is 5.07. The van der Waals surface area contributed by atoms with Crippen molar-refractivity contribution in [3.63, 3.8) is 0 Å². The number of amides is 1. The number of fused-ring (bicyclic) bond motifs is 1. The third-order valence-electron chi connectivity index (χ3n) is 5.07. The molecular formula is C15H24N2O4. The van der Waals surface area contributed by atoms with E-state index in [-0.39, 0.29) is 18.1 Å². The molecule has 21 heavy (non-hydrogen) atoms. The lowest BCUT2D eigenvalue weighted by atomic mass is 9.85. The monoisotopic (exact) mass is 296 g/mol. The minimum absolute atomic E-state index is 0.0341. The number of hydrogen-bond donors (Lipinski definition) is 3. The Morgan fingerprint density at radius 1 is 1.19 bits per heavy atom. The molecule has 3 aliphatic rings. The topological polar surface area (TPSA) is 87.7 Å². The fourth-order valence-electron chi connectivity index (χ4n) is 3.90. The summed E-state index contributed by atoms with van der Waals surface area (Å²) < 4.78 is 5.40. The zero-order chi connectivity index (χ0) is 14.8. The van der Waals surface area contributed by atoms with E-state index in [1.165, 1.54) is 25.7 Å². The highest BCUT2D eigenvalue weighted by Gasteiger charge is 2.38. The van der Waals surface area contributed by atoms with Gasteiger partial charge in [0, 0.05) is 12.6 Å². The summed E-state index contributed by atoms with van der Waals surface area (Å²) in [5, 5.41) is 15.2. The Bertz CT molecular complexity index is 400. The first-order valence-electron chi connectivity index (χ1n) is 8.05. The lowest BCUT2D eigenvalue weighted by molar-refractivity contribution is -0.149. The van der Waals surface area contributed by atoms with Gasteiger partial charge in [-0.1, -0.05) is 12.8 Å². The summed E-state index contributed by atoms with van der Waals surface area (Å²) in [7, 11) is 0. The van der Waals surface area contributed by atoms with Gasteiger partial charge in [-0.15, -0.1) is 0 Å². The first-order chi connectivity index (χ1) is 10.1. The van der Waals surface area contributed by atoms with Crippen LogP contribution < -0.4 is 10.6 Å². The number of carboxylic acids is 1. The Labute approximate surface area is 124 Å². The Morgan fingerprint density at radius 2 is 2.00 bits per heavy atom. The predicted molar refractivity (Wildman–Crippen MR) is 75.8 cm³/mol. The van der Waals surface area contributed by atoms with Crippen LogP contribution in [-0.4, -0.2) is 47.8 Å². The highest BCUT2D eigenvalue weighted by Crippen LogP contribution is 2.33. The van der Waals surface area contributed by atoms with E-state index in [1.807, 2.05) is 0 Å². The van der Waals surface area contributed by atoms with Crippen LogP contribution in [0.3, 0.4) is 0 Å². The molecule has 5 unspecified atom stereocenters. The number of aliphatic carboxylic acids is 1. The van der Waals surface area contributed by atoms with Crippen molar-refractivity contribution in [1.29, 1.82) is 0 Å². The summed E-state index contributed by atoms with van der Waals surface area (Å²) in [5.41, 5.74) is 0. The van der Waals surface area contributed by atoms with E-state index < -0.39 is 12.1 Å². The molecule has 2 heterocycles. The lowest BCUT2D eigenvalue weighted by Crippen LogP contribution is -2.45. The van der Waals surface area contributed by atoms with E-state index in [4.69, 9.17) is 9.84 Å². The summed E-state index contributed by atoms with van der Waals surface area (Å²) in [6, 6.07) is 0.420. The summed E-state index contributed by atoms with van der Waals surface area (Å²) in [5.74, 6) is -0.231. The van der Waals surface area contributed by atoms with Crippen LogP contribution in [0.25, 0.3) is 0 Å². The Hall–Kier alpha value is -1.14. The largest absolute Gasteiger partial charge is 0.479 e. The van der Waals surface area contributed by atoms with E-state index in [0.29, 0.717) is 31.3 Å². The van der Waals surface area contributed by atoms with E-state index in [0.717, 1.165) is 6.42 Å². The van der Waals surface area contributed by atoms with Gasteiger partial charge in [0.15, 0.2) is 6.10 Å². The normalized spacial score (nSPS) is 39.0. The highest BCUT2D eigenvalue weighted by atomic mass is 16.5. The van der Waals surface area contributed by atoms with Crippen molar-refractivity contribution in [3.05, 3.63) is 0 Å². The standard InChI is InChI=1S/C15H24N2O4/c18-14(12-7-9-3-1-2-4-11(9)17-12)16-8-10-5-6-13(21-10)15(19)20/h9-13,17H,1-8H2,(H,16,18)(H,19,20). The molecule has 5 atom stereocenters. The van der Waals surface area contributed by atoms with Crippen LogP contribution in [-0.2, 0) is 14.3 Å². The maximum atomic E-state index is 12.2. The number of carbonyl (C=O) groups excluding carboxylic acids is 1. The summed E-state index contributed by atoms with van der Waals surface area (Å²) in [4.78, 5) is 23.0. The minimum Gasteiger partial charge on any atom is -0.479 e. The molecule has 3 fully saturated rings. The molecule has 6 nitrogen and oxygen atoms in total. The smallest absolute Gasteiger partial charge is 0.332 e. The first-order valence-corrected chi connectivity index (χ1v) is 8.05. The van der Waals surface area contributed by atoms with E-state index in [9.17, 15) is 9.59 Å². The van der Waals surface area contributed by atoms with Crippen molar-refractivity contribution in [1.82, 2.24) is 10.6 Å². The molecule has 3 N–H and O–H groups in total. The number of carbonyl (C=O) groups is 2. The molecule has 0 aromatic carbocycles. The first kappa shape index (κ1) is 14.8. The van der Waals surface area contributed by atoms with Crippen molar-refractivity contribution in [2.75, 3.05) is 6.54 Å². The maximum absolute atomic E-state index is 12.2. The van der Waals surface area contributed by atoms with E-state index in [1.54, 1.807) is 0 Å². The summed E-state index contributed by atoms with van der Waals surface area (Å²) in [6.45, 7) is 0.413. The van der Waals surface area contributed by atoms with Crippen molar-refractivity contribution in [2.45, 2.75) is 69.2 Å². The van der Waals surface area contributed by atoms with Crippen molar-refractivity contribution in [2.24, 2.45) is 5.92 Å². The van der Waals surface area contributed by atoms with Crippen LogP contribution >= 0.6 is 0 Å². The summed E-state index contributed by atoms with van der Waals surface area (Å²) >= 11 is 0. The van der Waals surface area contributed by atoms with Gasteiger partial charge >= 0.3 is 5.97 Å². The molecule has 1 aliphatic carbocycles. The third kappa shape index (κ3) is 3.37. The van der Waals surface area contributed by atoms with E-state index in [2.05, 4.69) is 10.6 Å². The van der Waals surface area contributed by atoms with Crippen molar-refractivity contribution in [3.8, 4) is 0 Å². The fourth-order valence-corrected chi connectivity index (χ4v) is 3.90. The Balaban J connectivity index is 1.42. The van der Waals surface area contributed by atoms with Gasteiger partial charge in [-0.25, -0.2) is 4.79 Å². The number of nitrogens with one attached hydrogen (secondary N) is 2. The van der Waals surface area contributed by atoms with Crippen molar-refractivity contribution >= 4 is 11.9 Å².